The van der Waals surface area contributed by atoms with Crippen molar-refractivity contribution in [2.75, 3.05) is 18.1 Å². The van der Waals surface area contributed by atoms with Crippen molar-refractivity contribution in [1.29, 1.82) is 0 Å². The van der Waals surface area contributed by atoms with E-state index in [0.29, 0.717) is 18.7 Å². The van der Waals surface area contributed by atoms with Gasteiger partial charge < -0.3 is 5.32 Å². The maximum atomic E-state index is 11.5. The lowest BCUT2D eigenvalue weighted by Gasteiger charge is -2.09. The van der Waals surface area contributed by atoms with Gasteiger partial charge in [0, 0.05) is 18.9 Å². The van der Waals surface area contributed by atoms with Crippen molar-refractivity contribution in [3.8, 4) is 0 Å². The molecule has 6 nitrogen and oxygen atoms in total. The van der Waals surface area contributed by atoms with Gasteiger partial charge in [-0.2, -0.15) is 0 Å². The second kappa shape index (κ2) is 7.00. The second-order valence-corrected chi connectivity index (χ2v) is 7.90. The highest BCUT2D eigenvalue weighted by atomic mass is 32.2. The predicted octanol–water partition coefficient (Wildman–Crippen LogP) is 3.27. The number of anilines is 1. The van der Waals surface area contributed by atoms with Gasteiger partial charge in [0.25, 0.3) is 5.69 Å². The molecule has 0 saturated heterocycles. The van der Waals surface area contributed by atoms with E-state index in [2.05, 4.69) is 23.5 Å². The molecule has 0 aromatic heterocycles. The summed E-state index contributed by atoms with van der Waals surface area (Å²) >= 11 is 0. The normalized spacial score (nSPS) is 11.3. The van der Waals surface area contributed by atoms with Gasteiger partial charge >= 0.3 is 0 Å². The Hall–Kier alpha value is -2.41. The molecular formula is C17H20N2O4S. The van der Waals surface area contributed by atoms with Gasteiger partial charge in [0.2, 0.25) is 0 Å². The fourth-order valence-corrected chi connectivity index (χ4v) is 3.24. The molecule has 0 atom stereocenters. The molecule has 0 spiro atoms. The quantitative estimate of drug-likeness (QED) is 0.639. The summed E-state index contributed by atoms with van der Waals surface area (Å²) in [7, 11) is -3.48. The number of nitrogens with one attached hydrogen (secondary N) is 1. The van der Waals surface area contributed by atoms with E-state index in [-0.39, 0.29) is 10.6 Å². The molecule has 0 heterocycles. The Labute approximate surface area is 141 Å². The fourth-order valence-electron chi connectivity index (χ4n) is 2.60. The molecular weight excluding hydrogens is 328 g/mol. The fraction of sp³-hybridized carbons (Fsp3) is 0.294. The molecule has 1 N–H and O–H groups in total. The average Bonchev–Trinajstić information content (AvgIpc) is 2.45. The molecule has 128 valence electrons. The van der Waals surface area contributed by atoms with Crippen LogP contribution < -0.4 is 5.32 Å². The molecule has 0 unspecified atom stereocenters. The number of nitrogens with zero attached hydrogens (tertiary/aromatic N) is 1. The number of benzene rings is 2. The number of aryl methyl sites for hydroxylation is 2. The lowest BCUT2D eigenvalue weighted by molar-refractivity contribution is -0.384. The van der Waals surface area contributed by atoms with Gasteiger partial charge in [-0.1, -0.05) is 29.3 Å². The van der Waals surface area contributed by atoms with Crippen LogP contribution in [0.1, 0.15) is 16.7 Å². The van der Waals surface area contributed by atoms with Crippen molar-refractivity contribution in [2.45, 2.75) is 25.2 Å². The zero-order chi connectivity index (χ0) is 17.9. The van der Waals surface area contributed by atoms with E-state index in [1.807, 2.05) is 13.8 Å². The SMILES string of the molecule is Cc1cc(C)cc(CCNc2ccc(S(C)(=O)=O)cc2[N+](=O)[O-])c1. The molecule has 2 rings (SSSR count). The Bertz CT molecular complexity index is 856. The summed E-state index contributed by atoms with van der Waals surface area (Å²) in [5.41, 5.74) is 3.58. The molecule has 0 saturated carbocycles. The number of hydrogen-bond acceptors (Lipinski definition) is 5. The van der Waals surface area contributed by atoms with Gasteiger partial charge in [0.15, 0.2) is 9.84 Å². The summed E-state index contributed by atoms with van der Waals surface area (Å²) in [5.74, 6) is 0. The highest BCUT2D eigenvalue weighted by molar-refractivity contribution is 7.90. The number of nitro groups is 1. The third kappa shape index (κ3) is 4.55. The maximum Gasteiger partial charge on any atom is 0.293 e. The van der Waals surface area contributed by atoms with Crippen LogP contribution >= 0.6 is 0 Å². The molecule has 0 fully saturated rings. The predicted molar refractivity (Wildman–Crippen MR) is 94.3 cm³/mol. The van der Waals surface area contributed by atoms with E-state index >= 15 is 0 Å². The number of rotatable bonds is 6. The van der Waals surface area contributed by atoms with Gasteiger partial charge in [-0.25, -0.2) is 8.42 Å². The van der Waals surface area contributed by atoms with Crippen molar-refractivity contribution in [2.24, 2.45) is 0 Å². The highest BCUT2D eigenvalue weighted by Gasteiger charge is 2.18. The molecule has 0 aliphatic carbocycles. The van der Waals surface area contributed by atoms with E-state index in [9.17, 15) is 18.5 Å². The highest BCUT2D eigenvalue weighted by Crippen LogP contribution is 2.27. The summed E-state index contributed by atoms with van der Waals surface area (Å²) in [4.78, 5) is 10.6. The maximum absolute atomic E-state index is 11.5. The van der Waals surface area contributed by atoms with Crippen LogP contribution in [0.2, 0.25) is 0 Å². The molecule has 0 radical (unpaired) electrons. The van der Waals surface area contributed by atoms with E-state index in [1.165, 1.54) is 23.3 Å². The minimum absolute atomic E-state index is 0.0611. The van der Waals surface area contributed by atoms with Crippen LogP contribution in [0, 0.1) is 24.0 Å². The first-order valence-electron chi connectivity index (χ1n) is 7.46. The number of hydrogen-bond donors (Lipinski definition) is 1. The van der Waals surface area contributed by atoms with E-state index < -0.39 is 14.8 Å². The van der Waals surface area contributed by atoms with Crippen LogP contribution in [0.25, 0.3) is 0 Å². The Morgan fingerprint density at radius 1 is 1.08 bits per heavy atom. The summed E-state index contributed by atoms with van der Waals surface area (Å²) in [6.45, 7) is 4.57. The Morgan fingerprint density at radius 2 is 1.71 bits per heavy atom. The van der Waals surface area contributed by atoms with Gasteiger partial charge in [-0.05, 0) is 38.0 Å². The summed E-state index contributed by atoms with van der Waals surface area (Å²) < 4.78 is 23.1. The lowest BCUT2D eigenvalue weighted by Crippen LogP contribution is -2.08. The average molecular weight is 348 g/mol. The minimum Gasteiger partial charge on any atom is -0.379 e. The summed E-state index contributed by atoms with van der Waals surface area (Å²) in [6.07, 6.45) is 1.74. The Morgan fingerprint density at radius 3 is 2.25 bits per heavy atom. The molecule has 0 amide bonds. The third-order valence-electron chi connectivity index (χ3n) is 3.60. The van der Waals surface area contributed by atoms with Crippen LogP contribution in [0.4, 0.5) is 11.4 Å². The Kier molecular flexibility index (Phi) is 5.23. The molecule has 24 heavy (non-hydrogen) atoms. The second-order valence-electron chi connectivity index (χ2n) is 5.88. The van der Waals surface area contributed by atoms with Crippen molar-refractivity contribution >= 4 is 21.2 Å². The van der Waals surface area contributed by atoms with Crippen LogP contribution in [0.5, 0.6) is 0 Å². The lowest BCUT2D eigenvalue weighted by atomic mass is 10.1. The zero-order valence-electron chi connectivity index (χ0n) is 13.9. The minimum atomic E-state index is -3.48. The van der Waals surface area contributed by atoms with Crippen molar-refractivity contribution in [3.63, 3.8) is 0 Å². The first-order valence-corrected chi connectivity index (χ1v) is 9.35. The van der Waals surface area contributed by atoms with Crippen molar-refractivity contribution < 1.29 is 13.3 Å². The largest absolute Gasteiger partial charge is 0.379 e. The summed E-state index contributed by atoms with van der Waals surface area (Å²) in [6, 6.07) is 10.2. The van der Waals surface area contributed by atoms with E-state index in [1.54, 1.807) is 0 Å². The molecule has 0 bridgehead atoms. The first kappa shape index (κ1) is 17.9. The smallest absolute Gasteiger partial charge is 0.293 e. The van der Waals surface area contributed by atoms with Gasteiger partial charge in [-0.3, -0.25) is 10.1 Å². The molecule has 2 aromatic rings. The van der Waals surface area contributed by atoms with Crippen LogP contribution in [0.15, 0.2) is 41.3 Å². The van der Waals surface area contributed by atoms with E-state index in [4.69, 9.17) is 0 Å². The first-order chi connectivity index (χ1) is 11.2. The van der Waals surface area contributed by atoms with Crippen molar-refractivity contribution in [3.05, 3.63) is 63.2 Å². The molecule has 0 aliphatic rings. The van der Waals surface area contributed by atoms with Crippen LogP contribution in [-0.2, 0) is 16.3 Å². The van der Waals surface area contributed by atoms with Crippen molar-refractivity contribution in [1.82, 2.24) is 0 Å². The zero-order valence-corrected chi connectivity index (χ0v) is 14.7. The third-order valence-corrected chi connectivity index (χ3v) is 4.71. The van der Waals surface area contributed by atoms with Crippen LogP contribution in [-0.4, -0.2) is 26.1 Å². The molecule has 2 aromatic carbocycles. The monoisotopic (exact) mass is 348 g/mol. The van der Waals surface area contributed by atoms with Gasteiger partial charge in [-0.15, -0.1) is 0 Å². The van der Waals surface area contributed by atoms with Gasteiger partial charge in [0.05, 0.1) is 9.82 Å². The Balaban J connectivity index is 2.16. The topological polar surface area (TPSA) is 89.3 Å². The molecule has 0 aliphatic heterocycles. The van der Waals surface area contributed by atoms with E-state index in [0.717, 1.165) is 17.9 Å². The number of sulfone groups is 1. The standard InChI is InChI=1S/C17H20N2O4S/c1-12-8-13(2)10-14(9-12)6-7-18-16-5-4-15(24(3,22)23)11-17(16)19(20)21/h4-5,8-11,18H,6-7H2,1-3H3. The number of nitro benzene ring substituents is 1. The molecule has 7 heteroatoms. The van der Waals surface area contributed by atoms with Crippen LogP contribution in [0.3, 0.4) is 0 Å². The van der Waals surface area contributed by atoms with Gasteiger partial charge in [0.1, 0.15) is 5.69 Å². The summed E-state index contributed by atoms with van der Waals surface area (Å²) in [5, 5.41) is 14.2.